The molecule has 0 unspecified atom stereocenters. The van der Waals surface area contributed by atoms with Gasteiger partial charge in [0.2, 0.25) is 0 Å². The molecule has 0 aromatic rings. The van der Waals surface area contributed by atoms with Crippen LogP contribution in [0.3, 0.4) is 0 Å². The van der Waals surface area contributed by atoms with Crippen molar-refractivity contribution in [2.75, 3.05) is 0 Å². The Morgan fingerprint density at radius 2 is 1.78 bits per heavy atom. The van der Waals surface area contributed by atoms with Crippen LogP contribution in [0.1, 0.15) is 12.8 Å². The SMILES string of the molecule is O=C([O-])C(=O)C1CC1.[K+]. The third-order valence-electron chi connectivity index (χ3n) is 1.15. The summed E-state index contributed by atoms with van der Waals surface area (Å²) in [5.41, 5.74) is 0. The molecule has 0 radical (unpaired) electrons. The van der Waals surface area contributed by atoms with Crippen LogP contribution in [0.5, 0.6) is 0 Å². The van der Waals surface area contributed by atoms with E-state index >= 15 is 0 Å². The maximum atomic E-state index is 10.2. The number of hydrogen-bond acceptors (Lipinski definition) is 3. The van der Waals surface area contributed by atoms with E-state index in [0.717, 1.165) is 12.8 Å². The van der Waals surface area contributed by atoms with Gasteiger partial charge in [0.25, 0.3) is 0 Å². The van der Waals surface area contributed by atoms with Gasteiger partial charge in [-0.05, 0) is 12.8 Å². The van der Waals surface area contributed by atoms with Gasteiger partial charge in [0.15, 0.2) is 5.78 Å². The van der Waals surface area contributed by atoms with E-state index in [0.29, 0.717) is 0 Å². The quantitative estimate of drug-likeness (QED) is 0.297. The minimum Gasteiger partial charge on any atom is -0.542 e. The summed E-state index contributed by atoms with van der Waals surface area (Å²) in [6.45, 7) is 0. The van der Waals surface area contributed by atoms with E-state index in [9.17, 15) is 14.7 Å². The molecular formula is C5H5KO3. The molecule has 1 aliphatic rings. The molecule has 0 saturated heterocycles. The standard InChI is InChI=1S/C5H6O3.K/c6-4(5(7)8)3-1-2-3;/h3H,1-2H2,(H,7,8);/q;+1/p-1. The van der Waals surface area contributed by atoms with Gasteiger partial charge in [-0.2, -0.15) is 0 Å². The second-order valence-corrected chi connectivity index (χ2v) is 1.93. The average Bonchev–Trinajstić information content (AvgIpc) is 2.43. The van der Waals surface area contributed by atoms with Gasteiger partial charge in [-0.3, -0.25) is 4.79 Å². The fraction of sp³-hybridized carbons (Fsp3) is 0.600. The van der Waals surface area contributed by atoms with E-state index in [4.69, 9.17) is 0 Å². The third kappa shape index (κ3) is 2.91. The number of ketones is 1. The van der Waals surface area contributed by atoms with Crippen molar-refractivity contribution in [2.45, 2.75) is 12.8 Å². The second-order valence-electron chi connectivity index (χ2n) is 1.93. The summed E-state index contributed by atoms with van der Waals surface area (Å²) in [7, 11) is 0. The van der Waals surface area contributed by atoms with Gasteiger partial charge in [0.1, 0.15) is 5.97 Å². The Hall–Kier alpha value is 0.776. The Kier molecular flexibility index (Phi) is 4.16. The maximum Gasteiger partial charge on any atom is 1.00 e. The van der Waals surface area contributed by atoms with E-state index in [1.807, 2.05) is 0 Å². The molecule has 0 N–H and O–H groups in total. The van der Waals surface area contributed by atoms with Crippen LogP contribution in [0.25, 0.3) is 0 Å². The van der Waals surface area contributed by atoms with Crippen LogP contribution in [0, 0.1) is 5.92 Å². The molecule has 0 heterocycles. The zero-order valence-electron chi connectivity index (χ0n) is 5.22. The monoisotopic (exact) mass is 152 g/mol. The Bertz CT molecular complexity index is 139. The average molecular weight is 152 g/mol. The Balaban J connectivity index is 0.000000640. The van der Waals surface area contributed by atoms with Crippen LogP contribution < -0.4 is 56.5 Å². The van der Waals surface area contributed by atoms with Crippen molar-refractivity contribution in [3.63, 3.8) is 0 Å². The number of carbonyl (C=O) groups is 2. The second kappa shape index (κ2) is 3.83. The fourth-order valence-corrected chi connectivity index (χ4v) is 0.512. The fourth-order valence-electron chi connectivity index (χ4n) is 0.512. The number of carbonyl (C=O) groups excluding carboxylic acids is 2. The van der Waals surface area contributed by atoms with Gasteiger partial charge in [0.05, 0.1) is 0 Å². The van der Waals surface area contributed by atoms with Gasteiger partial charge in [-0.1, -0.05) is 0 Å². The minimum atomic E-state index is -1.53. The summed E-state index contributed by atoms with van der Waals surface area (Å²) in [6, 6.07) is 0. The molecule has 1 aliphatic carbocycles. The van der Waals surface area contributed by atoms with Gasteiger partial charge in [-0.25, -0.2) is 0 Å². The van der Waals surface area contributed by atoms with Crippen molar-refractivity contribution >= 4 is 11.8 Å². The Morgan fingerprint density at radius 3 is 1.89 bits per heavy atom. The number of Topliss-reactive ketones (excluding diaryl/α,β-unsaturated/α-hetero) is 1. The molecule has 44 valence electrons. The van der Waals surface area contributed by atoms with Gasteiger partial charge < -0.3 is 9.90 Å². The molecule has 0 aromatic heterocycles. The zero-order valence-corrected chi connectivity index (χ0v) is 8.34. The van der Waals surface area contributed by atoms with Gasteiger partial charge >= 0.3 is 51.4 Å². The summed E-state index contributed by atoms with van der Waals surface area (Å²) in [5.74, 6) is -2.47. The molecule has 1 fully saturated rings. The van der Waals surface area contributed by atoms with Crippen LogP contribution in [0.15, 0.2) is 0 Å². The Morgan fingerprint density at radius 1 is 1.33 bits per heavy atom. The first kappa shape index (κ1) is 9.78. The largest absolute Gasteiger partial charge is 1.00 e. The number of carboxylic acids is 1. The molecule has 0 amide bonds. The van der Waals surface area contributed by atoms with E-state index in [1.165, 1.54) is 0 Å². The van der Waals surface area contributed by atoms with Crippen molar-refractivity contribution in [1.82, 2.24) is 0 Å². The van der Waals surface area contributed by atoms with Crippen molar-refractivity contribution in [3.8, 4) is 0 Å². The van der Waals surface area contributed by atoms with E-state index < -0.39 is 11.8 Å². The number of aliphatic carboxylic acids is 1. The van der Waals surface area contributed by atoms with Crippen molar-refractivity contribution in [2.24, 2.45) is 5.92 Å². The van der Waals surface area contributed by atoms with Crippen molar-refractivity contribution < 1.29 is 66.1 Å². The number of hydrogen-bond donors (Lipinski definition) is 0. The van der Waals surface area contributed by atoms with Crippen molar-refractivity contribution in [1.29, 1.82) is 0 Å². The van der Waals surface area contributed by atoms with Crippen LogP contribution in [0.4, 0.5) is 0 Å². The number of carboxylic acid groups (broad SMARTS) is 1. The van der Waals surface area contributed by atoms with Gasteiger partial charge in [0, 0.05) is 5.92 Å². The summed E-state index contributed by atoms with van der Waals surface area (Å²) >= 11 is 0. The molecule has 0 aliphatic heterocycles. The van der Waals surface area contributed by atoms with E-state index in [-0.39, 0.29) is 57.3 Å². The van der Waals surface area contributed by atoms with E-state index in [1.54, 1.807) is 0 Å². The predicted octanol–water partition coefficient (Wildman–Crippen LogP) is -4.28. The molecule has 1 saturated carbocycles. The van der Waals surface area contributed by atoms with Gasteiger partial charge in [-0.15, -0.1) is 0 Å². The molecule has 9 heavy (non-hydrogen) atoms. The number of rotatable bonds is 2. The summed E-state index contributed by atoms with van der Waals surface area (Å²) in [5, 5.41) is 9.72. The molecule has 0 atom stereocenters. The molecule has 4 heteroatoms. The molecule has 0 aromatic carbocycles. The predicted molar refractivity (Wildman–Crippen MR) is 22.7 cm³/mol. The van der Waals surface area contributed by atoms with Crippen LogP contribution in [-0.2, 0) is 9.59 Å². The van der Waals surface area contributed by atoms with E-state index in [2.05, 4.69) is 0 Å². The zero-order chi connectivity index (χ0) is 6.15. The topological polar surface area (TPSA) is 57.2 Å². The first-order valence-electron chi connectivity index (χ1n) is 2.47. The summed E-state index contributed by atoms with van der Waals surface area (Å²) in [4.78, 5) is 20.0. The van der Waals surface area contributed by atoms with Crippen LogP contribution in [-0.4, -0.2) is 11.8 Å². The molecular weight excluding hydrogens is 147 g/mol. The first-order chi connectivity index (χ1) is 3.72. The smallest absolute Gasteiger partial charge is 0.542 e. The van der Waals surface area contributed by atoms with Crippen LogP contribution in [0.2, 0.25) is 0 Å². The molecule has 0 spiro atoms. The first-order valence-corrected chi connectivity index (χ1v) is 2.47. The minimum absolute atomic E-state index is 0. The van der Waals surface area contributed by atoms with Crippen molar-refractivity contribution in [3.05, 3.63) is 0 Å². The van der Waals surface area contributed by atoms with Crippen LogP contribution >= 0.6 is 0 Å². The molecule has 3 nitrogen and oxygen atoms in total. The summed E-state index contributed by atoms with van der Waals surface area (Å²) in [6.07, 6.45) is 1.46. The molecule has 1 rings (SSSR count). The Labute approximate surface area is 95.2 Å². The third-order valence-corrected chi connectivity index (χ3v) is 1.15. The maximum absolute atomic E-state index is 10.2. The normalized spacial score (nSPS) is 16.0. The summed E-state index contributed by atoms with van der Waals surface area (Å²) < 4.78 is 0. The molecule has 0 bridgehead atoms.